The molecule has 0 spiro atoms. The van der Waals surface area contributed by atoms with Crippen molar-refractivity contribution < 1.29 is 19.8 Å². The van der Waals surface area contributed by atoms with Gasteiger partial charge in [-0.15, -0.1) is 0 Å². The van der Waals surface area contributed by atoms with E-state index in [0.717, 1.165) is 5.75 Å². The topological polar surface area (TPSA) is 74.6 Å². The smallest absolute Gasteiger partial charge is 0.307 e. The van der Waals surface area contributed by atoms with Gasteiger partial charge in [0.1, 0.15) is 0 Å². The molecule has 2 N–H and O–H groups in total. The highest BCUT2D eigenvalue weighted by Crippen LogP contribution is 2.31. The van der Waals surface area contributed by atoms with Crippen molar-refractivity contribution >= 4 is 23.7 Å². The number of carbonyl (C=O) groups is 2. The van der Waals surface area contributed by atoms with Gasteiger partial charge in [0.2, 0.25) is 0 Å². The van der Waals surface area contributed by atoms with Crippen molar-refractivity contribution in [2.45, 2.75) is 12.8 Å². The van der Waals surface area contributed by atoms with E-state index in [1.165, 1.54) is 0 Å². The predicted octanol–water partition coefficient (Wildman–Crippen LogP) is 0.915. The fourth-order valence-corrected chi connectivity index (χ4v) is 2.83. The van der Waals surface area contributed by atoms with Crippen molar-refractivity contribution in [1.82, 2.24) is 0 Å². The summed E-state index contributed by atoms with van der Waals surface area (Å²) >= 11 is 1.59. The molecule has 1 aliphatic rings. The Morgan fingerprint density at radius 2 is 2.08 bits per heavy atom. The molecule has 1 saturated heterocycles. The summed E-state index contributed by atoms with van der Waals surface area (Å²) in [5.41, 5.74) is 0. The Morgan fingerprint density at radius 3 is 2.62 bits per heavy atom. The predicted molar refractivity (Wildman–Crippen MR) is 48.8 cm³/mol. The molecule has 1 fully saturated rings. The summed E-state index contributed by atoms with van der Waals surface area (Å²) in [5, 5.41) is 17.4. The second-order valence-electron chi connectivity index (χ2n) is 3.17. The van der Waals surface area contributed by atoms with Crippen LogP contribution in [-0.4, -0.2) is 33.7 Å². The van der Waals surface area contributed by atoms with E-state index in [0.29, 0.717) is 12.2 Å². The molecule has 74 valence electrons. The van der Waals surface area contributed by atoms with Crippen molar-refractivity contribution in [2.75, 3.05) is 11.5 Å². The number of carboxylic acid groups (broad SMARTS) is 2. The van der Waals surface area contributed by atoms with Crippen LogP contribution in [0.15, 0.2) is 0 Å². The first kappa shape index (κ1) is 10.4. The first-order chi connectivity index (χ1) is 6.11. The van der Waals surface area contributed by atoms with E-state index in [2.05, 4.69) is 0 Å². The van der Waals surface area contributed by atoms with Gasteiger partial charge >= 0.3 is 11.9 Å². The highest BCUT2D eigenvalue weighted by Gasteiger charge is 2.32. The largest absolute Gasteiger partial charge is 0.481 e. The van der Waals surface area contributed by atoms with E-state index in [-0.39, 0.29) is 12.3 Å². The molecule has 1 aliphatic heterocycles. The maximum Gasteiger partial charge on any atom is 0.307 e. The van der Waals surface area contributed by atoms with Crippen molar-refractivity contribution in [3.8, 4) is 0 Å². The molecule has 13 heavy (non-hydrogen) atoms. The number of hydrogen-bond acceptors (Lipinski definition) is 3. The van der Waals surface area contributed by atoms with Gasteiger partial charge in [-0.1, -0.05) is 0 Å². The molecule has 0 aromatic rings. The van der Waals surface area contributed by atoms with E-state index >= 15 is 0 Å². The molecule has 0 radical (unpaired) electrons. The van der Waals surface area contributed by atoms with Gasteiger partial charge in [0.25, 0.3) is 0 Å². The van der Waals surface area contributed by atoms with Crippen molar-refractivity contribution in [2.24, 2.45) is 11.8 Å². The van der Waals surface area contributed by atoms with Gasteiger partial charge in [-0.25, -0.2) is 0 Å². The molecular formula is C8H12O4S. The molecule has 1 rings (SSSR count). The minimum atomic E-state index is -0.900. The van der Waals surface area contributed by atoms with Gasteiger partial charge in [0, 0.05) is 12.2 Å². The van der Waals surface area contributed by atoms with Gasteiger partial charge in [0.05, 0.1) is 5.92 Å². The Kier molecular flexibility index (Phi) is 3.59. The number of aliphatic carboxylic acids is 2. The fourth-order valence-electron chi connectivity index (χ4n) is 1.52. The van der Waals surface area contributed by atoms with E-state index in [4.69, 9.17) is 10.2 Å². The zero-order chi connectivity index (χ0) is 9.84. The van der Waals surface area contributed by atoms with Crippen LogP contribution in [0.1, 0.15) is 12.8 Å². The lowest BCUT2D eigenvalue weighted by Gasteiger charge is -2.26. The first-order valence-corrected chi connectivity index (χ1v) is 5.29. The lowest BCUT2D eigenvalue weighted by atomic mass is 9.88. The lowest BCUT2D eigenvalue weighted by molar-refractivity contribution is -0.144. The highest BCUT2D eigenvalue weighted by molar-refractivity contribution is 7.99. The Bertz CT molecular complexity index is 216. The van der Waals surface area contributed by atoms with E-state index in [1.54, 1.807) is 11.8 Å². The van der Waals surface area contributed by atoms with Crippen LogP contribution in [0.2, 0.25) is 0 Å². The van der Waals surface area contributed by atoms with Crippen molar-refractivity contribution in [3.05, 3.63) is 0 Å². The van der Waals surface area contributed by atoms with E-state index in [1.807, 2.05) is 0 Å². The second kappa shape index (κ2) is 4.50. The molecule has 0 amide bonds. The number of hydrogen-bond donors (Lipinski definition) is 2. The fraction of sp³-hybridized carbons (Fsp3) is 0.750. The molecule has 0 aromatic heterocycles. The Morgan fingerprint density at radius 1 is 1.38 bits per heavy atom. The van der Waals surface area contributed by atoms with Crippen LogP contribution < -0.4 is 0 Å². The Labute approximate surface area is 80.3 Å². The molecule has 0 unspecified atom stereocenters. The molecule has 0 aromatic carbocycles. The summed E-state index contributed by atoms with van der Waals surface area (Å²) in [6, 6.07) is 0. The first-order valence-electron chi connectivity index (χ1n) is 4.13. The normalized spacial score (nSPS) is 28.3. The maximum atomic E-state index is 10.7. The Hall–Kier alpha value is -0.710. The molecule has 0 aliphatic carbocycles. The molecule has 4 nitrogen and oxygen atoms in total. The average molecular weight is 204 g/mol. The minimum absolute atomic E-state index is 0.0163. The zero-order valence-corrected chi connectivity index (χ0v) is 7.92. The number of rotatable bonds is 3. The van der Waals surface area contributed by atoms with Gasteiger partial charge in [-0.05, 0) is 18.1 Å². The Balaban J connectivity index is 2.56. The maximum absolute atomic E-state index is 10.7. The van der Waals surface area contributed by atoms with Gasteiger partial charge in [-0.2, -0.15) is 11.8 Å². The third-order valence-corrected chi connectivity index (χ3v) is 3.37. The molecule has 0 saturated carbocycles. The van der Waals surface area contributed by atoms with E-state index < -0.39 is 17.9 Å². The summed E-state index contributed by atoms with van der Waals surface area (Å²) in [6.45, 7) is 0. The average Bonchev–Trinajstić information content (AvgIpc) is 2.03. The molecule has 1 heterocycles. The monoisotopic (exact) mass is 204 g/mol. The molecule has 2 atom stereocenters. The van der Waals surface area contributed by atoms with Crippen LogP contribution in [0.3, 0.4) is 0 Å². The van der Waals surface area contributed by atoms with Crippen LogP contribution in [0, 0.1) is 11.8 Å². The van der Waals surface area contributed by atoms with Gasteiger partial charge in [-0.3, -0.25) is 9.59 Å². The summed E-state index contributed by atoms with van der Waals surface area (Å²) in [4.78, 5) is 21.2. The summed E-state index contributed by atoms with van der Waals surface area (Å²) in [5.74, 6) is -0.998. The third kappa shape index (κ3) is 2.91. The van der Waals surface area contributed by atoms with E-state index in [9.17, 15) is 9.59 Å². The van der Waals surface area contributed by atoms with Crippen LogP contribution >= 0.6 is 11.8 Å². The quantitative estimate of drug-likeness (QED) is 0.714. The minimum Gasteiger partial charge on any atom is -0.481 e. The second-order valence-corrected chi connectivity index (χ2v) is 4.32. The highest BCUT2D eigenvalue weighted by atomic mass is 32.2. The molecule has 0 bridgehead atoms. The van der Waals surface area contributed by atoms with Gasteiger partial charge in [0.15, 0.2) is 0 Å². The number of carboxylic acids is 2. The summed E-state index contributed by atoms with van der Waals surface area (Å²) < 4.78 is 0. The van der Waals surface area contributed by atoms with Crippen LogP contribution in [0.5, 0.6) is 0 Å². The summed E-state index contributed by atoms with van der Waals surface area (Å²) in [7, 11) is 0. The van der Waals surface area contributed by atoms with Crippen molar-refractivity contribution in [1.29, 1.82) is 0 Å². The van der Waals surface area contributed by atoms with Crippen LogP contribution in [0.25, 0.3) is 0 Å². The van der Waals surface area contributed by atoms with Gasteiger partial charge < -0.3 is 10.2 Å². The molecular weight excluding hydrogens is 192 g/mol. The van der Waals surface area contributed by atoms with Crippen LogP contribution in [0.4, 0.5) is 0 Å². The summed E-state index contributed by atoms with van der Waals surface area (Å²) in [6.07, 6.45) is 0.686. The number of thioether (sulfide) groups is 1. The zero-order valence-electron chi connectivity index (χ0n) is 7.10. The standard InChI is InChI=1S/C8H12O4S/c9-7(10)3-5-1-2-13-4-6(5)8(11)12/h5-6H,1-4H2,(H,9,10)(H,11,12)/t5-,6+/m0/s1. The molecule has 5 heteroatoms. The van der Waals surface area contributed by atoms with Crippen molar-refractivity contribution in [3.63, 3.8) is 0 Å². The third-order valence-electron chi connectivity index (χ3n) is 2.25. The lowest BCUT2D eigenvalue weighted by Crippen LogP contribution is -2.31. The van der Waals surface area contributed by atoms with Crippen LogP contribution in [-0.2, 0) is 9.59 Å². The SMILES string of the molecule is O=C(O)C[C@@H]1CCSC[C@H]1C(=O)O.